The fraction of sp³-hybridized carbons (Fsp3) is 0.346. The van der Waals surface area contributed by atoms with Gasteiger partial charge in [0, 0.05) is 37.2 Å². The topological polar surface area (TPSA) is 67.8 Å². The lowest BCUT2D eigenvalue weighted by Crippen LogP contribution is -2.39. The third kappa shape index (κ3) is 5.97. The number of aliphatic hydroxyl groups is 1. The van der Waals surface area contributed by atoms with Gasteiger partial charge in [-0.05, 0) is 49.1 Å². The second kappa shape index (κ2) is 11.4. The molecule has 0 radical (unpaired) electrons. The predicted molar refractivity (Wildman–Crippen MR) is 120 cm³/mol. The summed E-state index contributed by atoms with van der Waals surface area (Å²) in [7, 11) is 0. The van der Waals surface area contributed by atoms with E-state index in [0.29, 0.717) is 26.0 Å². The number of hydrogen-bond donors (Lipinski definition) is 2. The summed E-state index contributed by atoms with van der Waals surface area (Å²) < 4.78 is 11.9. The minimum Gasteiger partial charge on any atom is -0.459 e. The maximum Gasteiger partial charge on any atom is 0.286 e. The number of aliphatic hydroxyl groups excluding tert-OH is 1. The first-order chi connectivity index (χ1) is 15.2. The number of nitrogens with one attached hydrogen (secondary N) is 1. The standard InChI is InChI=1S/C26H29NO4/c1-3-19-12-14-21(15-13-19)23-17-24(25(29)27-18-20-9-6-5-7-10-20)31-26(30-4-2)22(23)11-8-16-28/h1,5-7,9-10,12-15,17,22-23,26,28H,4,8,11,16,18H2,2H3,(H,27,29)/t22-,23+,26+/m0/s1. The van der Waals surface area contributed by atoms with Crippen molar-refractivity contribution in [2.45, 2.75) is 38.5 Å². The van der Waals surface area contributed by atoms with Crippen LogP contribution in [0.3, 0.4) is 0 Å². The van der Waals surface area contributed by atoms with Crippen LogP contribution in [0.1, 0.15) is 42.4 Å². The average molecular weight is 420 g/mol. The highest BCUT2D eigenvalue weighted by molar-refractivity contribution is 5.91. The van der Waals surface area contributed by atoms with Crippen LogP contribution in [-0.2, 0) is 20.8 Å². The van der Waals surface area contributed by atoms with Crippen molar-refractivity contribution >= 4 is 5.91 Å². The van der Waals surface area contributed by atoms with Crippen LogP contribution in [0.25, 0.3) is 0 Å². The Balaban J connectivity index is 1.87. The lowest BCUT2D eigenvalue weighted by molar-refractivity contribution is -0.166. The zero-order valence-corrected chi connectivity index (χ0v) is 17.8. The number of ether oxygens (including phenoxy) is 2. The number of rotatable bonds is 9. The van der Waals surface area contributed by atoms with Gasteiger partial charge in [0.15, 0.2) is 5.76 Å². The molecule has 31 heavy (non-hydrogen) atoms. The van der Waals surface area contributed by atoms with Crippen LogP contribution in [0.4, 0.5) is 0 Å². The Morgan fingerprint density at radius 1 is 1.19 bits per heavy atom. The number of allylic oxidation sites excluding steroid dienone is 1. The zero-order valence-electron chi connectivity index (χ0n) is 17.8. The molecule has 1 aliphatic rings. The normalized spacial score (nSPS) is 20.3. The van der Waals surface area contributed by atoms with Gasteiger partial charge in [0.25, 0.3) is 5.91 Å². The van der Waals surface area contributed by atoms with Crippen molar-refractivity contribution in [1.82, 2.24) is 5.32 Å². The molecule has 1 aliphatic heterocycles. The number of amides is 1. The van der Waals surface area contributed by atoms with Gasteiger partial charge in [-0.25, -0.2) is 0 Å². The molecule has 1 heterocycles. The van der Waals surface area contributed by atoms with Crippen molar-refractivity contribution in [1.29, 1.82) is 0 Å². The van der Waals surface area contributed by atoms with Gasteiger partial charge < -0.3 is 19.9 Å². The number of terminal acetylenes is 1. The summed E-state index contributed by atoms with van der Waals surface area (Å²) in [6.45, 7) is 2.86. The van der Waals surface area contributed by atoms with E-state index >= 15 is 0 Å². The minimum atomic E-state index is -0.573. The molecule has 0 aliphatic carbocycles. The third-order valence-electron chi connectivity index (χ3n) is 5.39. The van der Waals surface area contributed by atoms with Crippen LogP contribution in [0.5, 0.6) is 0 Å². The summed E-state index contributed by atoms with van der Waals surface area (Å²) in [6.07, 6.45) is 8.12. The molecule has 0 saturated carbocycles. The molecule has 5 nitrogen and oxygen atoms in total. The number of hydrogen-bond acceptors (Lipinski definition) is 4. The quantitative estimate of drug-likeness (QED) is 0.608. The molecule has 0 fully saturated rings. The van der Waals surface area contributed by atoms with Crippen LogP contribution >= 0.6 is 0 Å². The van der Waals surface area contributed by atoms with E-state index < -0.39 is 6.29 Å². The van der Waals surface area contributed by atoms with Crippen LogP contribution in [0.2, 0.25) is 0 Å². The average Bonchev–Trinajstić information content (AvgIpc) is 2.82. The highest BCUT2D eigenvalue weighted by Gasteiger charge is 2.37. The van der Waals surface area contributed by atoms with Crippen molar-refractivity contribution < 1.29 is 19.4 Å². The Morgan fingerprint density at radius 3 is 2.58 bits per heavy atom. The Bertz CT molecular complexity index is 915. The van der Waals surface area contributed by atoms with Gasteiger partial charge in [0.1, 0.15) is 0 Å². The molecular formula is C26H29NO4. The molecule has 3 atom stereocenters. The maximum atomic E-state index is 12.9. The SMILES string of the molecule is C#Cc1ccc([C@H]2C=C(C(=O)NCc3ccccc3)O[C@@H](OCC)[C@H]2CCCO)cc1. The van der Waals surface area contributed by atoms with Crippen molar-refractivity contribution in [3.05, 3.63) is 83.1 Å². The second-order valence-corrected chi connectivity index (χ2v) is 7.46. The number of benzene rings is 2. The van der Waals surface area contributed by atoms with E-state index in [1.54, 1.807) is 0 Å². The Morgan fingerprint density at radius 2 is 1.94 bits per heavy atom. The lowest BCUT2D eigenvalue weighted by atomic mass is 9.80. The number of carbonyl (C=O) groups is 1. The van der Waals surface area contributed by atoms with Crippen LogP contribution in [0, 0.1) is 18.3 Å². The lowest BCUT2D eigenvalue weighted by Gasteiger charge is -2.37. The van der Waals surface area contributed by atoms with E-state index in [9.17, 15) is 9.90 Å². The summed E-state index contributed by atoms with van der Waals surface area (Å²) >= 11 is 0. The Labute approximate surface area is 184 Å². The first-order valence-electron chi connectivity index (χ1n) is 10.7. The zero-order chi connectivity index (χ0) is 22.1. The summed E-state index contributed by atoms with van der Waals surface area (Å²) in [5.41, 5.74) is 2.84. The number of carbonyl (C=O) groups excluding carboxylic acids is 1. The Hall–Kier alpha value is -3.07. The molecule has 3 rings (SSSR count). The van der Waals surface area contributed by atoms with Gasteiger partial charge in [-0.15, -0.1) is 6.42 Å². The molecular weight excluding hydrogens is 390 g/mol. The van der Waals surface area contributed by atoms with E-state index in [1.165, 1.54) is 0 Å². The van der Waals surface area contributed by atoms with Gasteiger partial charge in [-0.2, -0.15) is 0 Å². The molecule has 162 valence electrons. The van der Waals surface area contributed by atoms with Crippen molar-refractivity contribution in [2.75, 3.05) is 13.2 Å². The van der Waals surface area contributed by atoms with Crippen LogP contribution < -0.4 is 5.32 Å². The highest BCUT2D eigenvalue weighted by atomic mass is 16.7. The summed E-state index contributed by atoms with van der Waals surface area (Å²) in [5.74, 6) is 2.47. The van der Waals surface area contributed by atoms with Crippen molar-refractivity contribution in [2.24, 2.45) is 5.92 Å². The first kappa shape index (κ1) is 22.6. The second-order valence-electron chi connectivity index (χ2n) is 7.46. The summed E-state index contributed by atoms with van der Waals surface area (Å²) in [6, 6.07) is 17.5. The molecule has 2 N–H and O–H groups in total. The maximum absolute atomic E-state index is 12.9. The van der Waals surface area contributed by atoms with Crippen molar-refractivity contribution in [3.63, 3.8) is 0 Å². The first-order valence-corrected chi connectivity index (χ1v) is 10.7. The third-order valence-corrected chi connectivity index (χ3v) is 5.39. The van der Waals surface area contributed by atoms with E-state index in [1.807, 2.05) is 67.6 Å². The summed E-state index contributed by atoms with van der Waals surface area (Å²) in [5, 5.41) is 12.3. The molecule has 0 bridgehead atoms. The predicted octanol–water partition coefficient (Wildman–Crippen LogP) is 3.73. The van der Waals surface area contributed by atoms with E-state index in [4.69, 9.17) is 15.9 Å². The van der Waals surface area contributed by atoms with Crippen LogP contribution in [-0.4, -0.2) is 30.5 Å². The highest BCUT2D eigenvalue weighted by Crippen LogP contribution is 2.39. The molecule has 2 aromatic carbocycles. The van der Waals surface area contributed by atoms with Gasteiger partial charge in [-0.3, -0.25) is 4.79 Å². The fourth-order valence-electron chi connectivity index (χ4n) is 3.81. The monoisotopic (exact) mass is 419 g/mol. The van der Waals surface area contributed by atoms with Gasteiger partial charge >= 0.3 is 0 Å². The van der Waals surface area contributed by atoms with E-state index in [-0.39, 0.29) is 30.1 Å². The summed E-state index contributed by atoms with van der Waals surface area (Å²) in [4.78, 5) is 12.9. The largest absolute Gasteiger partial charge is 0.459 e. The van der Waals surface area contributed by atoms with E-state index in [2.05, 4.69) is 11.2 Å². The molecule has 2 aromatic rings. The molecule has 0 aromatic heterocycles. The molecule has 0 unspecified atom stereocenters. The van der Waals surface area contributed by atoms with Crippen molar-refractivity contribution in [3.8, 4) is 12.3 Å². The minimum absolute atomic E-state index is 0.0329. The van der Waals surface area contributed by atoms with Crippen LogP contribution in [0.15, 0.2) is 66.4 Å². The van der Waals surface area contributed by atoms with Gasteiger partial charge in [0.2, 0.25) is 6.29 Å². The van der Waals surface area contributed by atoms with Gasteiger partial charge in [-0.1, -0.05) is 48.4 Å². The molecule has 5 heteroatoms. The Kier molecular flexibility index (Phi) is 8.28. The molecule has 0 spiro atoms. The molecule has 1 amide bonds. The fourth-order valence-corrected chi connectivity index (χ4v) is 3.81. The van der Waals surface area contributed by atoms with E-state index in [0.717, 1.165) is 16.7 Å². The van der Waals surface area contributed by atoms with Gasteiger partial charge in [0.05, 0.1) is 0 Å². The molecule has 0 saturated heterocycles. The smallest absolute Gasteiger partial charge is 0.286 e.